The van der Waals surface area contributed by atoms with Gasteiger partial charge < -0.3 is 9.84 Å². The molecule has 0 aromatic heterocycles. The number of ketones is 2. The summed E-state index contributed by atoms with van der Waals surface area (Å²) < 4.78 is 6.34. The summed E-state index contributed by atoms with van der Waals surface area (Å²) in [6.45, 7) is 8.87. The van der Waals surface area contributed by atoms with E-state index in [1.165, 1.54) is 18.9 Å². The fourth-order valence-corrected chi connectivity index (χ4v) is 6.74. The maximum absolute atomic E-state index is 12.7. The molecule has 1 N–H and O–H groups in total. The van der Waals surface area contributed by atoms with E-state index in [4.69, 9.17) is 4.74 Å². The van der Waals surface area contributed by atoms with Crippen molar-refractivity contribution in [2.75, 3.05) is 6.61 Å². The molecule has 1 aliphatic heterocycles. The third-order valence-electron chi connectivity index (χ3n) is 8.03. The molecule has 4 heteroatoms. The summed E-state index contributed by atoms with van der Waals surface area (Å²) in [4.78, 5) is 25.3. The maximum atomic E-state index is 12.7. The Morgan fingerprint density at radius 3 is 2.54 bits per heavy atom. The molecule has 0 aromatic carbocycles. The van der Waals surface area contributed by atoms with Crippen molar-refractivity contribution < 1.29 is 19.4 Å². The van der Waals surface area contributed by atoms with Crippen LogP contribution in [0.4, 0.5) is 0 Å². The molecule has 0 aromatic rings. The number of fused-ring (bicyclic) bond motifs is 3. The van der Waals surface area contributed by atoms with Gasteiger partial charge in [0, 0.05) is 17.1 Å². The Labute approximate surface area is 155 Å². The lowest BCUT2D eigenvalue weighted by Gasteiger charge is -2.63. The molecule has 4 aliphatic rings. The van der Waals surface area contributed by atoms with Crippen LogP contribution in [-0.2, 0) is 14.3 Å². The highest BCUT2D eigenvalue weighted by Gasteiger charge is 2.61. The number of hydrogen-bond donors (Lipinski definition) is 1. The van der Waals surface area contributed by atoms with E-state index in [1.54, 1.807) is 0 Å². The molecule has 0 saturated heterocycles. The van der Waals surface area contributed by atoms with Crippen LogP contribution in [0.3, 0.4) is 0 Å². The fourth-order valence-electron chi connectivity index (χ4n) is 6.74. The molecule has 0 bridgehead atoms. The minimum Gasteiger partial charge on any atom is -0.483 e. The van der Waals surface area contributed by atoms with Gasteiger partial charge in [0.25, 0.3) is 0 Å². The first-order chi connectivity index (χ1) is 12.1. The van der Waals surface area contributed by atoms with Gasteiger partial charge in [-0.15, -0.1) is 0 Å². The topological polar surface area (TPSA) is 63.6 Å². The average molecular weight is 358 g/mol. The van der Waals surface area contributed by atoms with Gasteiger partial charge in [-0.2, -0.15) is 0 Å². The minimum absolute atomic E-state index is 0.123. The van der Waals surface area contributed by atoms with Crippen LogP contribution in [0.1, 0.15) is 66.2 Å². The third-order valence-corrected chi connectivity index (χ3v) is 8.03. The number of rotatable bonds is 1. The molecule has 4 atom stereocenters. The minimum atomic E-state index is -0.418. The molecule has 142 valence electrons. The standard InChI is InChI=1S/C22H30O4/c1-20(2)7-5-8-21(3)16(20)6-9-22(4)17(21)11-14-15(24)10-13(12-23)18(25)19(14)26-22/h10,16-17,23H,5-9,11-12H2,1-4H3. The zero-order valence-electron chi connectivity index (χ0n) is 16.4. The number of hydrogen-bond acceptors (Lipinski definition) is 4. The van der Waals surface area contributed by atoms with E-state index in [0.717, 1.165) is 19.3 Å². The number of ether oxygens (including phenoxy) is 1. The molecule has 4 rings (SSSR count). The molecule has 1 heterocycles. The molecule has 0 amide bonds. The first-order valence-electron chi connectivity index (χ1n) is 9.95. The smallest absolute Gasteiger partial charge is 0.226 e. The summed E-state index contributed by atoms with van der Waals surface area (Å²) in [5.74, 6) is 0.598. The van der Waals surface area contributed by atoms with Gasteiger partial charge in [0.2, 0.25) is 5.78 Å². The summed E-state index contributed by atoms with van der Waals surface area (Å²) in [6.07, 6.45) is 7.57. The van der Waals surface area contributed by atoms with Crippen molar-refractivity contribution in [1.82, 2.24) is 0 Å². The highest BCUT2D eigenvalue weighted by molar-refractivity contribution is 6.22. The number of aliphatic hydroxyl groups is 1. The molecule has 3 aliphatic carbocycles. The highest BCUT2D eigenvalue weighted by Crippen LogP contribution is 2.65. The Hall–Kier alpha value is -1.42. The maximum Gasteiger partial charge on any atom is 0.226 e. The molecule has 26 heavy (non-hydrogen) atoms. The van der Waals surface area contributed by atoms with Crippen LogP contribution in [0.2, 0.25) is 0 Å². The summed E-state index contributed by atoms with van der Waals surface area (Å²) in [7, 11) is 0. The lowest BCUT2D eigenvalue weighted by Crippen LogP contribution is -2.60. The van der Waals surface area contributed by atoms with E-state index in [-0.39, 0.29) is 34.2 Å². The Morgan fingerprint density at radius 1 is 1.12 bits per heavy atom. The van der Waals surface area contributed by atoms with Gasteiger partial charge in [-0.3, -0.25) is 9.59 Å². The van der Waals surface area contributed by atoms with Crippen molar-refractivity contribution in [3.63, 3.8) is 0 Å². The van der Waals surface area contributed by atoms with Crippen LogP contribution < -0.4 is 0 Å². The summed E-state index contributed by atoms with van der Waals surface area (Å²) in [5.41, 5.74) is 0.692. The van der Waals surface area contributed by atoms with E-state index in [1.807, 2.05) is 0 Å². The van der Waals surface area contributed by atoms with Crippen LogP contribution in [0.5, 0.6) is 0 Å². The van der Waals surface area contributed by atoms with Crippen molar-refractivity contribution >= 4 is 11.6 Å². The Bertz CT molecular complexity index is 743. The van der Waals surface area contributed by atoms with Gasteiger partial charge in [0.15, 0.2) is 11.5 Å². The largest absolute Gasteiger partial charge is 0.483 e. The van der Waals surface area contributed by atoms with E-state index < -0.39 is 12.2 Å². The van der Waals surface area contributed by atoms with Gasteiger partial charge >= 0.3 is 0 Å². The van der Waals surface area contributed by atoms with Gasteiger partial charge in [0.1, 0.15) is 5.60 Å². The van der Waals surface area contributed by atoms with Crippen molar-refractivity contribution in [3.05, 3.63) is 23.0 Å². The van der Waals surface area contributed by atoms with Crippen molar-refractivity contribution in [1.29, 1.82) is 0 Å². The highest BCUT2D eigenvalue weighted by atomic mass is 16.5. The summed E-state index contributed by atoms with van der Waals surface area (Å²) >= 11 is 0. The first kappa shape index (κ1) is 18.0. The number of allylic oxidation sites excluding steroid dienone is 3. The van der Waals surface area contributed by atoms with E-state index in [2.05, 4.69) is 27.7 Å². The SMILES string of the molecule is CC1(C)CCCC2(C)C1CCC1(C)OC3=C(CC12)C(=O)C=C(CO)C3=O. The molecule has 4 nitrogen and oxygen atoms in total. The fraction of sp³-hybridized carbons (Fsp3) is 0.727. The van der Waals surface area contributed by atoms with Crippen LogP contribution >= 0.6 is 0 Å². The lowest BCUT2D eigenvalue weighted by atomic mass is 9.44. The van der Waals surface area contributed by atoms with Crippen LogP contribution in [0.25, 0.3) is 0 Å². The van der Waals surface area contributed by atoms with Gasteiger partial charge in [0.05, 0.1) is 6.61 Å². The zero-order valence-corrected chi connectivity index (χ0v) is 16.4. The molecule has 0 radical (unpaired) electrons. The van der Waals surface area contributed by atoms with E-state index in [0.29, 0.717) is 23.3 Å². The summed E-state index contributed by atoms with van der Waals surface area (Å²) in [6, 6.07) is 0. The van der Waals surface area contributed by atoms with Crippen molar-refractivity contribution in [2.45, 2.75) is 71.8 Å². The normalized spacial score (nSPS) is 41.7. The zero-order chi connectivity index (χ0) is 18.9. The monoisotopic (exact) mass is 358 g/mol. The first-order valence-corrected chi connectivity index (χ1v) is 9.95. The second-order valence-electron chi connectivity index (χ2n) is 9.94. The second-order valence-corrected chi connectivity index (χ2v) is 9.94. The Kier molecular flexibility index (Phi) is 3.83. The summed E-state index contributed by atoms with van der Waals surface area (Å²) in [5, 5.41) is 9.40. The predicted octanol–water partition coefficient (Wildman–Crippen LogP) is 3.73. The van der Waals surface area contributed by atoms with Crippen molar-refractivity contribution in [2.24, 2.45) is 22.7 Å². The third kappa shape index (κ3) is 2.30. The van der Waals surface area contributed by atoms with Crippen molar-refractivity contribution in [3.8, 4) is 0 Å². The number of carbonyl (C=O) groups excluding carboxylic acids is 2. The molecule has 4 unspecified atom stereocenters. The lowest BCUT2D eigenvalue weighted by molar-refractivity contribution is -0.186. The molecule has 2 saturated carbocycles. The number of carbonyl (C=O) groups is 2. The van der Waals surface area contributed by atoms with E-state index in [9.17, 15) is 14.7 Å². The number of Topliss-reactive ketones (excluding diaryl/α,β-unsaturated/α-hetero) is 1. The van der Waals surface area contributed by atoms with Gasteiger partial charge in [-0.05, 0) is 61.9 Å². The Balaban J connectivity index is 1.76. The quantitative estimate of drug-likeness (QED) is 0.726. The van der Waals surface area contributed by atoms with Crippen LogP contribution in [0.15, 0.2) is 23.0 Å². The Morgan fingerprint density at radius 2 is 1.85 bits per heavy atom. The van der Waals surface area contributed by atoms with E-state index >= 15 is 0 Å². The van der Waals surface area contributed by atoms with Crippen LogP contribution in [0, 0.1) is 22.7 Å². The van der Waals surface area contributed by atoms with Gasteiger partial charge in [-0.1, -0.05) is 27.2 Å². The second kappa shape index (κ2) is 5.54. The molecular formula is C22H30O4. The molecule has 2 fully saturated rings. The predicted molar refractivity (Wildman–Crippen MR) is 98.3 cm³/mol. The molecular weight excluding hydrogens is 328 g/mol. The average Bonchev–Trinajstić information content (AvgIpc) is 2.56. The molecule has 0 spiro atoms. The van der Waals surface area contributed by atoms with Gasteiger partial charge in [-0.25, -0.2) is 0 Å². The number of aliphatic hydroxyl groups excluding tert-OH is 1. The van der Waals surface area contributed by atoms with Crippen LogP contribution in [-0.4, -0.2) is 28.9 Å².